The Bertz CT molecular complexity index is 518. The van der Waals surface area contributed by atoms with Gasteiger partial charge in [0.15, 0.2) is 5.60 Å². The van der Waals surface area contributed by atoms with E-state index < -0.39 is 5.60 Å². The quantitative estimate of drug-likeness (QED) is 0.881. The van der Waals surface area contributed by atoms with Gasteiger partial charge in [0.25, 0.3) is 5.91 Å². The molecule has 5 nitrogen and oxygen atoms in total. The fourth-order valence-corrected chi connectivity index (χ4v) is 2.06. The third-order valence-electron chi connectivity index (χ3n) is 3.33. The number of nitrogens with one attached hydrogen (secondary N) is 2. The number of carbonyl (C=O) groups excluding carboxylic acids is 2. The van der Waals surface area contributed by atoms with Gasteiger partial charge in [-0.3, -0.25) is 9.59 Å². The lowest BCUT2D eigenvalue weighted by Crippen LogP contribution is -2.54. The molecule has 1 saturated heterocycles. The fraction of sp³-hybridized carbons (Fsp3) is 0.467. The Balaban J connectivity index is 1.93. The third kappa shape index (κ3) is 4.18. The molecule has 0 spiro atoms. The number of halogens is 1. The zero-order valence-corrected chi connectivity index (χ0v) is 12.1. The molecule has 1 aliphatic rings. The first kappa shape index (κ1) is 15.3. The van der Waals surface area contributed by atoms with E-state index in [-0.39, 0.29) is 23.7 Å². The van der Waals surface area contributed by atoms with Crippen molar-refractivity contribution in [3.05, 3.63) is 30.1 Å². The van der Waals surface area contributed by atoms with Crippen LogP contribution in [0.2, 0.25) is 0 Å². The van der Waals surface area contributed by atoms with Gasteiger partial charge >= 0.3 is 0 Å². The molecule has 1 aliphatic heterocycles. The summed E-state index contributed by atoms with van der Waals surface area (Å²) >= 11 is 0. The predicted octanol–water partition coefficient (Wildman–Crippen LogP) is 1.38. The van der Waals surface area contributed by atoms with E-state index in [1.165, 1.54) is 24.3 Å². The van der Waals surface area contributed by atoms with E-state index in [0.29, 0.717) is 25.1 Å². The molecule has 1 atom stereocenters. The lowest BCUT2D eigenvalue weighted by molar-refractivity contribution is -0.135. The van der Waals surface area contributed by atoms with E-state index in [4.69, 9.17) is 4.74 Å². The van der Waals surface area contributed by atoms with Crippen molar-refractivity contribution >= 4 is 11.8 Å². The number of hydrogen-bond donors (Lipinski definition) is 2. The Morgan fingerprint density at radius 2 is 2.05 bits per heavy atom. The van der Waals surface area contributed by atoms with Crippen molar-refractivity contribution < 1.29 is 18.7 Å². The molecule has 0 aromatic heterocycles. The topological polar surface area (TPSA) is 67.4 Å². The molecular weight excluding hydrogens is 275 g/mol. The summed E-state index contributed by atoms with van der Waals surface area (Å²) in [5, 5.41) is 5.57. The van der Waals surface area contributed by atoms with Crippen molar-refractivity contribution in [1.29, 1.82) is 0 Å². The minimum absolute atomic E-state index is 0.00215. The van der Waals surface area contributed by atoms with Gasteiger partial charge in [0.1, 0.15) is 11.6 Å². The van der Waals surface area contributed by atoms with Crippen LogP contribution in [0, 0.1) is 5.82 Å². The number of benzene rings is 1. The number of ether oxygens (including phenoxy) is 1. The van der Waals surface area contributed by atoms with Crippen LogP contribution in [-0.4, -0.2) is 30.0 Å². The Morgan fingerprint density at radius 1 is 1.38 bits per heavy atom. The normalized spacial score (nSPS) is 18.8. The Morgan fingerprint density at radius 3 is 2.62 bits per heavy atom. The molecule has 2 N–H and O–H groups in total. The maximum absolute atomic E-state index is 12.8. The van der Waals surface area contributed by atoms with Gasteiger partial charge in [-0.05, 0) is 44.5 Å². The lowest BCUT2D eigenvalue weighted by atomic mass is 10.0. The summed E-state index contributed by atoms with van der Waals surface area (Å²) in [5.41, 5.74) is -1.08. The van der Waals surface area contributed by atoms with Crippen LogP contribution in [0.25, 0.3) is 0 Å². The molecule has 1 aromatic carbocycles. The first-order valence-corrected chi connectivity index (χ1v) is 6.89. The summed E-state index contributed by atoms with van der Waals surface area (Å²) in [7, 11) is 0. The van der Waals surface area contributed by atoms with Crippen LogP contribution in [0.3, 0.4) is 0 Å². The largest absolute Gasteiger partial charge is 0.478 e. The van der Waals surface area contributed by atoms with Gasteiger partial charge in [0, 0.05) is 19.0 Å². The minimum Gasteiger partial charge on any atom is -0.478 e. The number of amides is 2. The van der Waals surface area contributed by atoms with Gasteiger partial charge in [-0.15, -0.1) is 0 Å². The molecule has 114 valence electrons. The number of carbonyl (C=O) groups is 2. The smallest absolute Gasteiger partial charge is 0.263 e. The average Bonchev–Trinajstić information content (AvgIpc) is 2.43. The highest BCUT2D eigenvalue weighted by molar-refractivity contribution is 5.85. The van der Waals surface area contributed by atoms with Crippen LogP contribution in [0.15, 0.2) is 24.3 Å². The van der Waals surface area contributed by atoms with Gasteiger partial charge in [-0.1, -0.05) is 0 Å². The molecule has 0 saturated carbocycles. The van der Waals surface area contributed by atoms with Crippen LogP contribution in [0.5, 0.6) is 5.75 Å². The average molecular weight is 294 g/mol. The number of piperidine rings is 1. The van der Waals surface area contributed by atoms with Crippen molar-refractivity contribution in [2.75, 3.05) is 6.54 Å². The van der Waals surface area contributed by atoms with E-state index in [9.17, 15) is 14.0 Å². The fourth-order valence-electron chi connectivity index (χ4n) is 2.06. The molecule has 6 heteroatoms. The van der Waals surface area contributed by atoms with Gasteiger partial charge in [-0.2, -0.15) is 0 Å². The molecule has 1 aromatic rings. The van der Waals surface area contributed by atoms with E-state index in [2.05, 4.69) is 10.6 Å². The van der Waals surface area contributed by atoms with Crippen molar-refractivity contribution in [3.63, 3.8) is 0 Å². The highest BCUT2D eigenvalue weighted by Crippen LogP contribution is 2.19. The number of hydrogen-bond acceptors (Lipinski definition) is 3. The van der Waals surface area contributed by atoms with Crippen molar-refractivity contribution in [3.8, 4) is 5.75 Å². The molecule has 1 heterocycles. The predicted molar refractivity (Wildman–Crippen MR) is 75.3 cm³/mol. The summed E-state index contributed by atoms with van der Waals surface area (Å²) in [6.07, 6.45) is 1.02. The second kappa shape index (κ2) is 6.11. The van der Waals surface area contributed by atoms with Gasteiger partial charge < -0.3 is 15.4 Å². The first-order valence-electron chi connectivity index (χ1n) is 6.89. The Kier molecular flexibility index (Phi) is 4.45. The van der Waals surface area contributed by atoms with E-state index >= 15 is 0 Å². The summed E-state index contributed by atoms with van der Waals surface area (Å²) < 4.78 is 18.5. The molecule has 1 fully saturated rings. The molecule has 2 rings (SSSR count). The molecule has 0 radical (unpaired) electrons. The van der Waals surface area contributed by atoms with E-state index in [1.54, 1.807) is 13.8 Å². The molecule has 0 aliphatic carbocycles. The van der Waals surface area contributed by atoms with E-state index in [1.807, 2.05) is 0 Å². The van der Waals surface area contributed by atoms with Gasteiger partial charge in [-0.25, -0.2) is 4.39 Å². The summed E-state index contributed by atoms with van der Waals surface area (Å²) in [6.45, 7) is 3.72. The van der Waals surface area contributed by atoms with Crippen LogP contribution >= 0.6 is 0 Å². The van der Waals surface area contributed by atoms with Crippen LogP contribution < -0.4 is 15.4 Å². The zero-order valence-electron chi connectivity index (χ0n) is 12.1. The Labute approximate surface area is 122 Å². The monoisotopic (exact) mass is 294 g/mol. The SMILES string of the molecule is CC(C)(Oc1ccc(F)cc1)C(=O)NC1CCC(=O)NC1. The van der Waals surface area contributed by atoms with Crippen molar-refractivity contribution in [2.45, 2.75) is 38.3 Å². The molecular formula is C15H19FN2O3. The summed E-state index contributed by atoms with van der Waals surface area (Å²) in [6, 6.07) is 5.42. The second-order valence-corrected chi connectivity index (χ2v) is 5.58. The maximum Gasteiger partial charge on any atom is 0.263 e. The first-order chi connectivity index (χ1) is 9.87. The van der Waals surface area contributed by atoms with Gasteiger partial charge in [0.05, 0.1) is 0 Å². The number of rotatable bonds is 4. The maximum atomic E-state index is 12.8. The van der Waals surface area contributed by atoms with Crippen LogP contribution in [0.4, 0.5) is 4.39 Å². The highest BCUT2D eigenvalue weighted by Gasteiger charge is 2.32. The molecule has 21 heavy (non-hydrogen) atoms. The highest BCUT2D eigenvalue weighted by atomic mass is 19.1. The van der Waals surface area contributed by atoms with Crippen LogP contribution in [0.1, 0.15) is 26.7 Å². The van der Waals surface area contributed by atoms with E-state index in [0.717, 1.165) is 0 Å². The molecule has 2 amide bonds. The van der Waals surface area contributed by atoms with Gasteiger partial charge in [0.2, 0.25) is 5.91 Å². The standard InChI is InChI=1S/C15H19FN2O3/c1-15(2,21-12-6-3-10(16)4-7-12)14(20)18-11-5-8-13(19)17-9-11/h3-4,6-7,11H,5,8-9H2,1-2H3,(H,17,19)(H,18,20). The summed E-state index contributed by atoms with van der Waals surface area (Å²) in [5.74, 6) is -0.202. The third-order valence-corrected chi connectivity index (χ3v) is 3.33. The Hall–Kier alpha value is -2.11. The van der Waals surface area contributed by atoms with Crippen molar-refractivity contribution in [2.24, 2.45) is 0 Å². The molecule has 0 bridgehead atoms. The summed E-state index contributed by atoms with van der Waals surface area (Å²) in [4.78, 5) is 23.3. The lowest BCUT2D eigenvalue weighted by Gasteiger charge is -2.30. The second-order valence-electron chi connectivity index (χ2n) is 5.58. The zero-order chi connectivity index (χ0) is 15.5. The van der Waals surface area contributed by atoms with Crippen molar-refractivity contribution in [1.82, 2.24) is 10.6 Å². The minimum atomic E-state index is -1.08. The molecule has 1 unspecified atom stereocenters. The van der Waals surface area contributed by atoms with Crippen LogP contribution in [-0.2, 0) is 9.59 Å².